The summed E-state index contributed by atoms with van der Waals surface area (Å²) in [6, 6.07) is 6.64. The number of aliphatic imine (C=N–C) groups is 1. The first kappa shape index (κ1) is 19.2. The van der Waals surface area contributed by atoms with E-state index in [0.29, 0.717) is 15.9 Å². The summed E-state index contributed by atoms with van der Waals surface area (Å²) in [6.45, 7) is 0. The Morgan fingerprint density at radius 1 is 1.31 bits per heavy atom. The second-order valence-corrected chi connectivity index (χ2v) is 9.96. The van der Waals surface area contributed by atoms with E-state index in [-0.39, 0.29) is 42.1 Å². The van der Waals surface area contributed by atoms with Crippen LogP contribution in [0.5, 0.6) is 0 Å². The minimum atomic E-state index is -3.14. The first-order valence-corrected chi connectivity index (χ1v) is 11.1. The van der Waals surface area contributed by atoms with Crippen molar-refractivity contribution in [1.82, 2.24) is 0 Å². The molecule has 0 bridgehead atoms. The van der Waals surface area contributed by atoms with Gasteiger partial charge in [0, 0.05) is 28.4 Å². The number of carbonyl (C=O) groups is 2. The number of anilines is 1. The molecule has 3 rings (SSSR count). The maximum Gasteiger partial charge on any atom is 0.248 e. The molecule has 2 saturated heterocycles. The maximum absolute atomic E-state index is 12.1. The van der Waals surface area contributed by atoms with E-state index in [1.54, 1.807) is 29.2 Å². The van der Waals surface area contributed by atoms with Crippen LogP contribution in [0.3, 0.4) is 0 Å². The number of fused-ring (bicyclic) bond motifs is 1. The fourth-order valence-corrected chi connectivity index (χ4v) is 7.15. The number of benzene rings is 1. The Balaban J connectivity index is 1.85. The van der Waals surface area contributed by atoms with Crippen LogP contribution in [0.15, 0.2) is 29.3 Å². The van der Waals surface area contributed by atoms with Crippen LogP contribution in [-0.4, -0.2) is 48.3 Å². The van der Waals surface area contributed by atoms with Crippen molar-refractivity contribution < 1.29 is 23.1 Å². The number of carboxylic acid groups (broad SMARTS) is 1. The van der Waals surface area contributed by atoms with E-state index in [9.17, 15) is 23.1 Å². The second kappa shape index (κ2) is 7.58. The maximum atomic E-state index is 12.1. The molecular formula is C16H16ClN2O5S2-. The van der Waals surface area contributed by atoms with E-state index in [2.05, 4.69) is 4.99 Å². The van der Waals surface area contributed by atoms with Gasteiger partial charge in [0.1, 0.15) is 0 Å². The highest BCUT2D eigenvalue weighted by Gasteiger charge is 2.49. The summed E-state index contributed by atoms with van der Waals surface area (Å²) >= 11 is 7.32. The van der Waals surface area contributed by atoms with Gasteiger partial charge in [-0.3, -0.25) is 4.79 Å². The summed E-state index contributed by atoms with van der Waals surface area (Å²) in [4.78, 5) is 28.4. The van der Waals surface area contributed by atoms with Gasteiger partial charge < -0.3 is 14.8 Å². The molecule has 0 saturated carbocycles. The first-order valence-electron chi connectivity index (χ1n) is 7.98. The minimum absolute atomic E-state index is 0.00489. The van der Waals surface area contributed by atoms with Gasteiger partial charge in [0.05, 0.1) is 17.5 Å². The molecule has 2 fully saturated rings. The molecule has 0 unspecified atom stereocenters. The molecule has 2 aliphatic rings. The zero-order valence-corrected chi connectivity index (χ0v) is 16.0. The predicted molar refractivity (Wildman–Crippen MR) is 99.1 cm³/mol. The summed E-state index contributed by atoms with van der Waals surface area (Å²) in [5, 5.41) is 11.2. The van der Waals surface area contributed by atoms with Gasteiger partial charge in [-0.2, -0.15) is 4.99 Å². The molecule has 7 nitrogen and oxygen atoms in total. The molecule has 0 aromatic heterocycles. The van der Waals surface area contributed by atoms with Crippen molar-refractivity contribution in [2.75, 3.05) is 16.4 Å². The van der Waals surface area contributed by atoms with Crippen molar-refractivity contribution in [3.63, 3.8) is 0 Å². The highest BCUT2D eigenvalue weighted by atomic mass is 35.5. The predicted octanol–water partition coefficient (Wildman–Crippen LogP) is 0.862. The Morgan fingerprint density at radius 3 is 2.77 bits per heavy atom. The number of carbonyl (C=O) groups excluding carboxylic acids is 2. The fourth-order valence-electron chi connectivity index (χ4n) is 3.04. The highest BCUT2D eigenvalue weighted by molar-refractivity contribution is 8.16. The van der Waals surface area contributed by atoms with Crippen LogP contribution < -0.4 is 10.0 Å². The molecule has 1 aromatic rings. The van der Waals surface area contributed by atoms with Gasteiger partial charge in [0.25, 0.3) is 0 Å². The standard InChI is InChI=1S/C16H17ClN2O5S2/c17-10-3-1-4-11(7-10)19-12-8-26(23,24)9-13(12)25-16(19)18-14(20)5-2-6-15(21)22/h1,3-4,7,12-13H,2,5-6,8-9H2,(H,21,22)/p-1/t12-,13-/m0/s1. The Morgan fingerprint density at radius 2 is 2.08 bits per heavy atom. The third kappa shape index (κ3) is 4.39. The number of thioether (sulfide) groups is 1. The Labute approximate surface area is 160 Å². The molecule has 1 aromatic carbocycles. The lowest BCUT2D eigenvalue weighted by Crippen LogP contribution is -2.37. The third-order valence-corrected chi connectivity index (χ3v) is 7.59. The molecule has 2 aliphatic heterocycles. The summed E-state index contributed by atoms with van der Waals surface area (Å²) in [5.74, 6) is -1.61. The largest absolute Gasteiger partial charge is 0.550 e. The molecule has 0 radical (unpaired) electrons. The molecule has 26 heavy (non-hydrogen) atoms. The number of carboxylic acids is 1. The quantitative estimate of drug-likeness (QED) is 0.701. The molecule has 0 aliphatic carbocycles. The van der Waals surface area contributed by atoms with Gasteiger partial charge >= 0.3 is 0 Å². The van der Waals surface area contributed by atoms with Gasteiger partial charge in [-0.05, 0) is 31.0 Å². The molecule has 140 valence electrons. The van der Waals surface area contributed by atoms with Crippen LogP contribution in [0.4, 0.5) is 5.69 Å². The van der Waals surface area contributed by atoms with E-state index in [1.165, 1.54) is 11.8 Å². The van der Waals surface area contributed by atoms with Crippen molar-refractivity contribution in [3.8, 4) is 0 Å². The number of hydrogen-bond acceptors (Lipinski definition) is 6. The Bertz CT molecular complexity index is 871. The summed E-state index contributed by atoms with van der Waals surface area (Å²) in [5.41, 5.74) is 0.677. The van der Waals surface area contributed by atoms with Crippen molar-refractivity contribution in [2.45, 2.75) is 30.6 Å². The molecule has 2 atom stereocenters. The lowest BCUT2D eigenvalue weighted by Gasteiger charge is -2.24. The minimum Gasteiger partial charge on any atom is -0.550 e. The van der Waals surface area contributed by atoms with E-state index < -0.39 is 21.7 Å². The highest BCUT2D eigenvalue weighted by Crippen LogP contribution is 2.41. The second-order valence-electron chi connectivity index (χ2n) is 6.16. The molecule has 2 heterocycles. The number of amides is 1. The average Bonchev–Trinajstić information content (AvgIpc) is 2.97. The van der Waals surface area contributed by atoms with Crippen LogP contribution in [0.25, 0.3) is 0 Å². The lowest BCUT2D eigenvalue weighted by molar-refractivity contribution is -0.305. The summed E-state index contributed by atoms with van der Waals surface area (Å²) in [7, 11) is -3.14. The van der Waals surface area contributed by atoms with Crippen molar-refractivity contribution in [2.24, 2.45) is 4.99 Å². The van der Waals surface area contributed by atoms with Gasteiger partial charge in [-0.15, -0.1) is 0 Å². The van der Waals surface area contributed by atoms with Gasteiger partial charge in [-0.25, -0.2) is 8.42 Å². The molecule has 0 N–H and O–H groups in total. The number of aliphatic carboxylic acids is 1. The number of hydrogen-bond donors (Lipinski definition) is 0. The first-order chi connectivity index (χ1) is 12.2. The summed E-state index contributed by atoms with van der Waals surface area (Å²) in [6.07, 6.45) is -0.0543. The van der Waals surface area contributed by atoms with Crippen molar-refractivity contribution >= 4 is 55.9 Å². The number of halogens is 1. The van der Waals surface area contributed by atoms with Crippen LogP contribution in [0.2, 0.25) is 5.02 Å². The van der Waals surface area contributed by atoms with Gasteiger partial charge in [0.15, 0.2) is 15.0 Å². The third-order valence-electron chi connectivity index (χ3n) is 4.14. The number of rotatable bonds is 5. The molecule has 10 heteroatoms. The van der Waals surface area contributed by atoms with E-state index in [4.69, 9.17) is 11.6 Å². The zero-order valence-electron chi connectivity index (χ0n) is 13.6. The van der Waals surface area contributed by atoms with Crippen molar-refractivity contribution in [1.29, 1.82) is 0 Å². The summed E-state index contributed by atoms with van der Waals surface area (Å²) < 4.78 is 24.0. The lowest BCUT2D eigenvalue weighted by atomic mass is 10.2. The molecule has 1 amide bonds. The number of amidine groups is 1. The topological polar surface area (TPSA) is 107 Å². The zero-order chi connectivity index (χ0) is 18.9. The van der Waals surface area contributed by atoms with Crippen LogP contribution in [-0.2, 0) is 19.4 Å². The average molecular weight is 416 g/mol. The van der Waals surface area contributed by atoms with Gasteiger partial charge in [-0.1, -0.05) is 29.4 Å². The van der Waals surface area contributed by atoms with Gasteiger partial charge in [0.2, 0.25) is 5.91 Å². The smallest absolute Gasteiger partial charge is 0.248 e. The van der Waals surface area contributed by atoms with Crippen LogP contribution in [0.1, 0.15) is 19.3 Å². The SMILES string of the molecule is O=C([O-])CCCC(=O)N=C1S[C@H]2CS(=O)(=O)C[C@@H]2N1c1cccc(Cl)c1. The number of nitrogens with zero attached hydrogens (tertiary/aromatic N) is 2. The number of sulfone groups is 1. The van der Waals surface area contributed by atoms with Crippen LogP contribution in [0, 0.1) is 0 Å². The van der Waals surface area contributed by atoms with Crippen LogP contribution >= 0.6 is 23.4 Å². The fraction of sp³-hybridized carbons (Fsp3) is 0.438. The Kier molecular flexibility index (Phi) is 5.59. The van der Waals surface area contributed by atoms with E-state index in [0.717, 1.165) is 0 Å². The molecule has 0 spiro atoms. The van der Waals surface area contributed by atoms with E-state index >= 15 is 0 Å². The molecular weight excluding hydrogens is 400 g/mol. The normalized spacial score (nSPS) is 25.4. The van der Waals surface area contributed by atoms with E-state index in [1.807, 2.05) is 0 Å². The Hall–Kier alpha value is -1.58. The monoisotopic (exact) mass is 415 g/mol. The van der Waals surface area contributed by atoms with Crippen molar-refractivity contribution in [3.05, 3.63) is 29.3 Å².